The summed E-state index contributed by atoms with van der Waals surface area (Å²) in [6, 6.07) is 14.2. The van der Waals surface area contributed by atoms with Gasteiger partial charge >= 0.3 is 0 Å². The maximum atomic E-state index is 12.5. The van der Waals surface area contributed by atoms with E-state index >= 15 is 0 Å². The Morgan fingerprint density at radius 1 is 0.875 bits per heavy atom. The van der Waals surface area contributed by atoms with Crippen molar-refractivity contribution in [3.63, 3.8) is 0 Å². The standard InChI is InChI=1S/C23H19Cl3N2O4/c1-12-3-6-15(7-4-12)32-13(2)22(30)27-19-11-21(29)20(10-18(19)26)28-23(31)14-5-8-16(24)17(25)9-14/h3-11,13,29H,1-2H3,(H,27,30)(H,28,31). The second-order valence-electron chi connectivity index (χ2n) is 6.99. The van der Waals surface area contributed by atoms with E-state index in [4.69, 9.17) is 39.5 Å². The zero-order valence-corrected chi connectivity index (χ0v) is 19.3. The third-order valence-electron chi connectivity index (χ3n) is 4.48. The monoisotopic (exact) mass is 492 g/mol. The Bertz CT molecular complexity index is 1170. The third-order valence-corrected chi connectivity index (χ3v) is 5.53. The first-order chi connectivity index (χ1) is 15.1. The molecule has 3 rings (SSSR count). The lowest BCUT2D eigenvalue weighted by Crippen LogP contribution is -2.30. The van der Waals surface area contributed by atoms with Gasteiger partial charge in [0.15, 0.2) is 6.10 Å². The number of nitrogens with one attached hydrogen (secondary N) is 2. The van der Waals surface area contributed by atoms with Gasteiger partial charge in [0.05, 0.1) is 26.4 Å². The summed E-state index contributed by atoms with van der Waals surface area (Å²) in [7, 11) is 0. The zero-order chi connectivity index (χ0) is 23.4. The predicted molar refractivity (Wildman–Crippen MR) is 127 cm³/mol. The molecule has 6 nitrogen and oxygen atoms in total. The fourth-order valence-electron chi connectivity index (χ4n) is 2.70. The van der Waals surface area contributed by atoms with Crippen LogP contribution < -0.4 is 15.4 Å². The number of carbonyl (C=O) groups is 2. The second kappa shape index (κ2) is 10.1. The van der Waals surface area contributed by atoms with Crippen molar-refractivity contribution in [3.05, 3.63) is 80.8 Å². The average molecular weight is 494 g/mol. The lowest BCUT2D eigenvalue weighted by atomic mass is 10.2. The van der Waals surface area contributed by atoms with Gasteiger partial charge in [-0.2, -0.15) is 0 Å². The van der Waals surface area contributed by atoms with Crippen LogP contribution in [0.15, 0.2) is 54.6 Å². The maximum Gasteiger partial charge on any atom is 0.265 e. The number of aryl methyl sites for hydroxylation is 1. The van der Waals surface area contributed by atoms with Crippen LogP contribution in [0.4, 0.5) is 11.4 Å². The molecule has 0 aliphatic rings. The van der Waals surface area contributed by atoms with Crippen molar-refractivity contribution < 1.29 is 19.4 Å². The molecule has 0 fully saturated rings. The van der Waals surface area contributed by atoms with Crippen LogP contribution in [0.1, 0.15) is 22.8 Å². The summed E-state index contributed by atoms with van der Waals surface area (Å²) in [6.45, 7) is 3.54. The van der Waals surface area contributed by atoms with E-state index in [-0.39, 0.29) is 32.7 Å². The average Bonchev–Trinajstić information content (AvgIpc) is 2.75. The lowest BCUT2D eigenvalue weighted by Gasteiger charge is -2.16. The van der Waals surface area contributed by atoms with Gasteiger partial charge in [-0.15, -0.1) is 0 Å². The first kappa shape index (κ1) is 23.7. The van der Waals surface area contributed by atoms with Crippen LogP contribution in [-0.2, 0) is 4.79 Å². The fraction of sp³-hybridized carbons (Fsp3) is 0.130. The highest BCUT2D eigenvalue weighted by molar-refractivity contribution is 6.42. The number of amides is 2. The van der Waals surface area contributed by atoms with Crippen LogP contribution in [0.3, 0.4) is 0 Å². The number of phenols is 1. The molecule has 0 radical (unpaired) electrons. The molecule has 0 aliphatic heterocycles. The topological polar surface area (TPSA) is 87.7 Å². The molecular formula is C23H19Cl3N2O4. The number of halogens is 3. The van der Waals surface area contributed by atoms with Crippen LogP contribution >= 0.6 is 34.8 Å². The SMILES string of the molecule is Cc1ccc(OC(C)C(=O)Nc2cc(O)c(NC(=O)c3ccc(Cl)c(Cl)c3)cc2Cl)cc1. The summed E-state index contributed by atoms with van der Waals surface area (Å²) >= 11 is 18.0. The van der Waals surface area contributed by atoms with Gasteiger partial charge in [0.25, 0.3) is 11.8 Å². The van der Waals surface area contributed by atoms with Gasteiger partial charge in [-0.05, 0) is 50.2 Å². The fourth-order valence-corrected chi connectivity index (χ4v) is 3.21. The van der Waals surface area contributed by atoms with Crippen molar-refractivity contribution >= 4 is 58.0 Å². The first-order valence-electron chi connectivity index (χ1n) is 9.47. The number of benzene rings is 3. The lowest BCUT2D eigenvalue weighted by molar-refractivity contribution is -0.122. The quantitative estimate of drug-likeness (QED) is 0.351. The Hall–Kier alpha value is -2.93. The zero-order valence-electron chi connectivity index (χ0n) is 17.1. The number of hydrogen-bond donors (Lipinski definition) is 3. The number of rotatable bonds is 6. The van der Waals surface area contributed by atoms with E-state index in [1.54, 1.807) is 19.1 Å². The van der Waals surface area contributed by atoms with Crippen molar-refractivity contribution in [3.8, 4) is 11.5 Å². The number of phenolic OH excluding ortho intramolecular Hbond substituents is 1. The molecule has 32 heavy (non-hydrogen) atoms. The molecule has 0 aliphatic carbocycles. The molecule has 166 valence electrons. The van der Waals surface area contributed by atoms with Crippen molar-refractivity contribution in [1.29, 1.82) is 0 Å². The highest BCUT2D eigenvalue weighted by Crippen LogP contribution is 2.34. The summed E-state index contributed by atoms with van der Waals surface area (Å²) in [4.78, 5) is 24.9. The van der Waals surface area contributed by atoms with Gasteiger partial charge in [-0.3, -0.25) is 9.59 Å². The molecular weight excluding hydrogens is 475 g/mol. The molecule has 9 heteroatoms. The number of carbonyl (C=O) groups excluding carboxylic acids is 2. The summed E-state index contributed by atoms with van der Waals surface area (Å²) in [5.41, 5.74) is 1.55. The van der Waals surface area contributed by atoms with E-state index < -0.39 is 17.9 Å². The Kier molecular flexibility index (Phi) is 7.51. The second-order valence-corrected chi connectivity index (χ2v) is 8.22. The summed E-state index contributed by atoms with van der Waals surface area (Å²) in [6.07, 6.45) is -0.815. The normalized spacial score (nSPS) is 11.5. The molecule has 0 spiro atoms. The predicted octanol–water partition coefficient (Wildman–Crippen LogP) is 6.32. The molecule has 0 aromatic heterocycles. The van der Waals surface area contributed by atoms with Gasteiger partial charge in [0.2, 0.25) is 0 Å². The van der Waals surface area contributed by atoms with Crippen LogP contribution in [0.5, 0.6) is 11.5 Å². The van der Waals surface area contributed by atoms with E-state index in [9.17, 15) is 14.7 Å². The van der Waals surface area contributed by atoms with Gasteiger partial charge in [0.1, 0.15) is 11.5 Å². The molecule has 0 saturated carbocycles. The molecule has 3 aromatic rings. The summed E-state index contributed by atoms with van der Waals surface area (Å²) < 4.78 is 5.62. The third kappa shape index (κ3) is 5.85. The Labute approximate surface area is 200 Å². The van der Waals surface area contributed by atoms with Crippen molar-refractivity contribution in [2.24, 2.45) is 0 Å². The molecule has 1 unspecified atom stereocenters. The Balaban J connectivity index is 1.69. The number of hydrogen-bond acceptors (Lipinski definition) is 4. The number of aromatic hydroxyl groups is 1. The molecule has 0 saturated heterocycles. The van der Waals surface area contributed by atoms with E-state index in [0.717, 1.165) is 5.56 Å². The Morgan fingerprint density at radius 2 is 1.56 bits per heavy atom. The molecule has 3 aromatic carbocycles. The van der Waals surface area contributed by atoms with Crippen molar-refractivity contribution in [2.45, 2.75) is 20.0 Å². The van der Waals surface area contributed by atoms with Crippen LogP contribution in [0.2, 0.25) is 15.1 Å². The maximum absolute atomic E-state index is 12.5. The van der Waals surface area contributed by atoms with E-state index in [0.29, 0.717) is 10.8 Å². The van der Waals surface area contributed by atoms with Crippen LogP contribution in [0.25, 0.3) is 0 Å². The smallest absolute Gasteiger partial charge is 0.265 e. The van der Waals surface area contributed by atoms with Crippen LogP contribution in [0, 0.1) is 6.92 Å². The van der Waals surface area contributed by atoms with E-state index in [1.807, 2.05) is 19.1 Å². The largest absolute Gasteiger partial charge is 0.506 e. The molecule has 1 atom stereocenters. The minimum atomic E-state index is -0.815. The molecule has 2 amide bonds. The highest BCUT2D eigenvalue weighted by atomic mass is 35.5. The summed E-state index contributed by atoms with van der Waals surface area (Å²) in [5.74, 6) is -0.718. The molecule has 0 bridgehead atoms. The van der Waals surface area contributed by atoms with Gasteiger partial charge < -0.3 is 20.5 Å². The van der Waals surface area contributed by atoms with E-state index in [2.05, 4.69) is 10.6 Å². The van der Waals surface area contributed by atoms with Crippen molar-refractivity contribution in [2.75, 3.05) is 10.6 Å². The van der Waals surface area contributed by atoms with Gasteiger partial charge in [-0.1, -0.05) is 52.5 Å². The first-order valence-corrected chi connectivity index (χ1v) is 10.6. The van der Waals surface area contributed by atoms with E-state index in [1.165, 1.54) is 30.3 Å². The molecule has 0 heterocycles. The molecule has 3 N–H and O–H groups in total. The number of anilines is 2. The van der Waals surface area contributed by atoms with Gasteiger partial charge in [0, 0.05) is 11.6 Å². The highest BCUT2D eigenvalue weighted by Gasteiger charge is 2.18. The minimum Gasteiger partial charge on any atom is -0.506 e. The summed E-state index contributed by atoms with van der Waals surface area (Å²) in [5, 5.41) is 16.1. The minimum absolute atomic E-state index is 0.0630. The Morgan fingerprint density at radius 3 is 2.22 bits per heavy atom. The van der Waals surface area contributed by atoms with Gasteiger partial charge in [-0.25, -0.2) is 0 Å². The number of ether oxygens (including phenoxy) is 1. The van der Waals surface area contributed by atoms with Crippen molar-refractivity contribution in [1.82, 2.24) is 0 Å². The van der Waals surface area contributed by atoms with Crippen LogP contribution in [-0.4, -0.2) is 23.0 Å².